The van der Waals surface area contributed by atoms with Crippen LogP contribution in [0.15, 0.2) is 4.99 Å². The molecule has 0 aliphatic rings. The molecule has 0 aliphatic heterocycles. The monoisotopic (exact) mass is 189 g/mol. The van der Waals surface area contributed by atoms with Crippen LogP contribution in [0.25, 0.3) is 0 Å². The molecule has 0 saturated heterocycles. The molecule has 0 fully saturated rings. The molecule has 0 amide bonds. The summed E-state index contributed by atoms with van der Waals surface area (Å²) in [6.45, 7) is 7.02. The molecule has 0 heterocycles. The molecule has 0 aliphatic carbocycles. The van der Waals surface area contributed by atoms with Gasteiger partial charge in [0, 0.05) is 10.5 Å². The molecule has 0 aromatic heterocycles. The van der Waals surface area contributed by atoms with Gasteiger partial charge in [-0.15, -0.1) is 0 Å². The van der Waals surface area contributed by atoms with Crippen molar-refractivity contribution in [2.24, 2.45) is 4.99 Å². The maximum absolute atomic E-state index is 10.7. The van der Waals surface area contributed by atoms with Gasteiger partial charge in [0.1, 0.15) is 0 Å². The van der Waals surface area contributed by atoms with Gasteiger partial charge in [0.05, 0.1) is 0 Å². The highest BCUT2D eigenvalue weighted by Gasteiger charge is 2.31. The van der Waals surface area contributed by atoms with E-state index in [2.05, 4.69) is 17.6 Å². The summed E-state index contributed by atoms with van der Waals surface area (Å²) in [6.07, 6.45) is 0. The van der Waals surface area contributed by atoms with E-state index in [1.165, 1.54) is 0 Å². The lowest BCUT2D eigenvalue weighted by Gasteiger charge is -2.22. The van der Waals surface area contributed by atoms with Gasteiger partial charge in [-0.25, -0.2) is 4.79 Å². The average molecular weight is 189 g/mol. The molecule has 12 heavy (non-hydrogen) atoms. The van der Waals surface area contributed by atoms with Crippen molar-refractivity contribution in [3.63, 3.8) is 0 Å². The van der Waals surface area contributed by atoms with E-state index in [9.17, 15) is 4.79 Å². The van der Waals surface area contributed by atoms with Crippen molar-refractivity contribution < 1.29 is 9.90 Å². The summed E-state index contributed by atoms with van der Waals surface area (Å²) in [6, 6.07) is -0.772. The van der Waals surface area contributed by atoms with Crippen LogP contribution in [0, 0.1) is 0 Å². The Balaban J connectivity index is 4.70. The number of nitrogens with zero attached hydrogens (tertiary/aromatic N) is 1. The van der Waals surface area contributed by atoms with Gasteiger partial charge in [-0.1, -0.05) is 0 Å². The molecule has 0 aromatic carbocycles. The third-order valence-electron chi connectivity index (χ3n) is 1.29. The molecule has 0 bridgehead atoms. The number of carbonyl (C=O) groups is 1. The van der Waals surface area contributed by atoms with Crippen LogP contribution in [0.1, 0.15) is 27.7 Å². The highest BCUT2D eigenvalue weighted by atomic mass is 32.1. The number of hydrogen-bond acceptors (Lipinski definition) is 3. The summed E-state index contributed by atoms with van der Waals surface area (Å²) in [4.78, 5) is 14.7. The Morgan fingerprint density at radius 2 is 1.92 bits per heavy atom. The van der Waals surface area contributed by atoms with Gasteiger partial charge < -0.3 is 5.11 Å². The van der Waals surface area contributed by atoms with E-state index >= 15 is 0 Å². The minimum atomic E-state index is -0.934. The minimum absolute atomic E-state index is 0.622. The summed E-state index contributed by atoms with van der Waals surface area (Å²) in [5.74, 6) is -0.934. The number of carboxylic acid groups (broad SMARTS) is 1. The summed E-state index contributed by atoms with van der Waals surface area (Å²) in [7, 11) is 0. The van der Waals surface area contributed by atoms with E-state index in [0.29, 0.717) is 0 Å². The molecule has 0 aromatic rings. The van der Waals surface area contributed by atoms with Crippen molar-refractivity contribution in [3.05, 3.63) is 0 Å². The zero-order valence-electron chi connectivity index (χ0n) is 7.83. The van der Waals surface area contributed by atoms with Crippen molar-refractivity contribution >= 4 is 24.3 Å². The van der Waals surface area contributed by atoms with Crippen LogP contribution in [0.3, 0.4) is 0 Å². The molecule has 0 saturated carbocycles. The molecule has 1 atom stereocenters. The quantitative estimate of drug-likeness (QED) is 0.523. The van der Waals surface area contributed by atoms with Gasteiger partial charge >= 0.3 is 5.97 Å². The number of hydrogen-bond donors (Lipinski definition) is 2. The Morgan fingerprint density at radius 3 is 2.00 bits per heavy atom. The number of rotatable bonds is 3. The third-order valence-corrected chi connectivity index (χ3v) is 1.53. The van der Waals surface area contributed by atoms with Crippen molar-refractivity contribution in [1.29, 1.82) is 0 Å². The van der Waals surface area contributed by atoms with Gasteiger partial charge in [-0.05, 0) is 27.7 Å². The maximum Gasteiger partial charge on any atom is 0.329 e. The van der Waals surface area contributed by atoms with E-state index in [1.54, 1.807) is 27.7 Å². The molecule has 70 valence electrons. The van der Waals surface area contributed by atoms with Crippen LogP contribution in [0.4, 0.5) is 0 Å². The molecular formula is C8H15NO2S. The Hall–Kier alpha value is -0.510. The van der Waals surface area contributed by atoms with E-state index in [4.69, 9.17) is 5.11 Å². The molecule has 0 rings (SSSR count). The van der Waals surface area contributed by atoms with Crippen LogP contribution in [-0.2, 0) is 4.79 Å². The summed E-state index contributed by atoms with van der Waals surface area (Å²) < 4.78 is -0.622. The minimum Gasteiger partial charge on any atom is -0.480 e. The van der Waals surface area contributed by atoms with Gasteiger partial charge in [0.25, 0.3) is 0 Å². The molecule has 1 N–H and O–H groups in total. The van der Waals surface area contributed by atoms with Crippen LogP contribution < -0.4 is 0 Å². The van der Waals surface area contributed by atoms with Gasteiger partial charge in [0.2, 0.25) is 0 Å². The average Bonchev–Trinajstić information content (AvgIpc) is 1.79. The maximum atomic E-state index is 10.7. The molecular weight excluding hydrogens is 174 g/mol. The number of aliphatic imine (C=N–C) groups is 1. The molecule has 0 spiro atoms. The zero-order valence-corrected chi connectivity index (χ0v) is 8.72. The first kappa shape index (κ1) is 11.5. The van der Waals surface area contributed by atoms with Crippen LogP contribution >= 0.6 is 12.6 Å². The first-order valence-electron chi connectivity index (χ1n) is 3.71. The lowest BCUT2D eigenvalue weighted by Crippen LogP contribution is -2.36. The second kappa shape index (κ2) is 3.94. The number of aliphatic carboxylic acids is 1. The first-order chi connectivity index (χ1) is 5.25. The third kappa shape index (κ3) is 3.76. The Morgan fingerprint density at radius 1 is 1.50 bits per heavy atom. The highest BCUT2D eigenvalue weighted by molar-refractivity contribution is 7.81. The molecule has 3 nitrogen and oxygen atoms in total. The largest absolute Gasteiger partial charge is 0.480 e. The summed E-state index contributed by atoms with van der Waals surface area (Å²) in [5, 5.41) is 8.80. The van der Waals surface area contributed by atoms with Crippen molar-refractivity contribution in [2.75, 3.05) is 0 Å². The van der Waals surface area contributed by atoms with Crippen molar-refractivity contribution in [3.8, 4) is 0 Å². The topological polar surface area (TPSA) is 49.7 Å². The first-order valence-corrected chi connectivity index (χ1v) is 4.16. The van der Waals surface area contributed by atoms with E-state index in [1.807, 2.05) is 0 Å². The smallest absolute Gasteiger partial charge is 0.329 e. The molecule has 1 unspecified atom stereocenters. The second-order valence-corrected chi connectivity index (χ2v) is 4.62. The van der Waals surface area contributed by atoms with Crippen molar-refractivity contribution in [2.45, 2.75) is 38.5 Å². The Labute approximate surface area is 78.3 Å². The van der Waals surface area contributed by atoms with Gasteiger partial charge in [-0.3, -0.25) is 4.99 Å². The predicted octanol–water partition coefficient (Wildman–Crippen LogP) is 1.63. The molecule has 0 radical (unpaired) electrons. The molecule has 4 heteroatoms. The highest BCUT2D eigenvalue weighted by Crippen LogP contribution is 2.20. The Bertz CT molecular complexity index is 202. The van der Waals surface area contributed by atoms with Crippen LogP contribution in [-0.4, -0.2) is 27.6 Å². The fourth-order valence-corrected chi connectivity index (χ4v) is 0.942. The normalized spacial score (nSPS) is 13.8. The predicted molar refractivity (Wildman–Crippen MR) is 53.3 cm³/mol. The fraction of sp³-hybridized carbons (Fsp3) is 0.750. The van der Waals surface area contributed by atoms with Crippen molar-refractivity contribution in [1.82, 2.24) is 0 Å². The lowest BCUT2D eigenvalue weighted by molar-refractivity contribution is -0.138. The van der Waals surface area contributed by atoms with Gasteiger partial charge in [0.15, 0.2) is 6.04 Å². The Kier molecular flexibility index (Phi) is 3.77. The van der Waals surface area contributed by atoms with Gasteiger partial charge in [-0.2, -0.15) is 12.6 Å². The van der Waals surface area contributed by atoms with E-state index in [-0.39, 0.29) is 0 Å². The van der Waals surface area contributed by atoms with Crippen LogP contribution in [0.5, 0.6) is 0 Å². The number of carboxylic acids is 1. The lowest BCUT2D eigenvalue weighted by atomic mass is 10.0. The zero-order chi connectivity index (χ0) is 9.94. The van der Waals surface area contributed by atoms with Crippen LogP contribution in [0.2, 0.25) is 0 Å². The van der Waals surface area contributed by atoms with E-state index in [0.717, 1.165) is 5.71 Å². The fourth-order valence-electron chi connectivity index (χ4n) is 0.774. The summed E-state index contributed by atoms with van der Waals surface area (Å²) >= 11 is 4.18. The SMILES string of the molecule is CC(C)=NC(C(=O)O)C(C)(C)S. The standard InChI is InChI=1S/C8H15NO2S/c1-5(2)9-6(7(10)11)8(3,4)12/h6,12H,1-4H3,(H,10,11). The summed E-state index contributed by atoms with van der Waals surface area (Å²) in [5.41, 5.74) is 0.754. The second-order valence-electron chi connectivity index (χ2n) is 3.47. The number of thiol groups is 1. The van der Waals surface area contributed by atoms with E-state index < -0.39 is 16.8 Å².